The van der Waals surface area contributed by atoms with Gasteiger partial charge in [0.05, 0.1) is 11.5 Å². The predicted octanol–water partition coefficient (Wildman–Crippen LogP) is 7.95. The van der Waals surface area contributed by atoms with Crippen molar-refractivity contribution in [1.82, 2.24) is 15.0 Å². The number of carbonyl (C=O) groups is 1. The lowest BCUT2D eigenvalue weighted by atomic mass is 10.00. The second-order valence-electron chi connectivity index (χ2n) is 10.9. The summed E-state index contributed by atoms with van der Waals surface area (Å²) in [6.07, 6.45) is 3.67. The van der Waals surface area contributed by atoms with E-state index in [0.717, 1.165) is 59.1 Å². The lowest BCUT2D eigenvalue weighted by Crippen LogP contribution is -2.20. The maximum absolute atomic E-state index is 12.3. The Hall–Kier alpha value is -4.26. The van der Waals surface area contributed by atoms with E-state index in [0.29, 0.717) is 28.8 Å². The van der Waals surface area contributed by atoms with Crippen molar-refractivity contribution in [2.24, 2.45) is 5.92 Å². The van der Waals surface area contributed by atoms with Crippen LogP contribution < -0.4 is 4.74 Å². The van der Waals surface area contributed by atoms with Gasteiger partial charge in [0, 0.05) is 17.2 Å². The molecule has 1 atom stereocenters. The van der Waals surface area contributed by atoms with Crippen LogP contribution >= 0.6 is 0 Å². The van der Waals surface area contributed by atoms with E-state index < -0.39 is 0 Å². The highest BCUT2D eigenvalue weighted by Crippen LogP contribution is 2.34. The van der Waals surface area contributed by atoms with Gasteiger partial charge in [0.15, 0.2) is 17.5 Å². The number of aromatic hydroxyl groups is 1. The number of benzene rings is 3. The molecule has 0 amide bonds. The Kier molecular flexibility index (Phi) is 10.3. The first-order valence-electron chi connectivity index (χ1n) is 14.7. The minimum Gasteiger partial charge on any atom is -0.507 e. The number of unbranched alkanes of at least 4 members (excludes halogenated alkanes) is 1. The highest BCUT2D eigenvalue weighted by atomic mass is 16.6. The van der Waals surface area contributed by atoms with Gasteiger partial charge in [-0.2, -0.15) is 0 Å². The standard InChI is InChI=1S/C35H41N3O4/c1-7-9-10-26(8-2)35(40)42-18-17-41-27-13-16-30(31(39)21-27)34-37-32(28-14-11-22(3)19-24(28)5)36-33(38-34)29-15-12-23(4)20-25(29)6/h11-16,19-21,26,39H,7-10,17-18H2,1-6H3. The number of hydrogen-bond donors (Lipinski definition) is 1. The summed E-state index contributed by atoms with van der Waals surface area (Å²) in [6.45, 7) is 12.6. The SMILES string of the molecule is CCCCC(CC)C(=O)OCCOc1ccc(-c2nc(-c3ccc(C)cc3C)nc(-c3ccc(C)cc3C)n2)c(O)c1. The molecule has 0 spiro atoms. The molecule has 7 nitrogen and oxygen atoms in total. The summed E-state index contributed by atoms with van der Waals surface area (Å²) < 4.78 is 11.2. The normalized spacial score (nSPS) is 11.8. The van der Waals surface area contributed by atoms with Crippen molar-refractivity contribution in [3.05, 3.63) is 76.9 Å². The number of esters is 1. The van der Waals surface area contributed by atoms with E-state index in [1.54, 1.807) is 12.1 Å². The van der Waals surface area contributed by atoms with Gasteiger partial charge in [0.1, 0.15) is 24.7 Å². The molecule has 0 radical (unpaired) electrons. The number of phenols is 1. The summed E-state index contributed by atoms with van der Waals surface area (Å²) in [7, 11) is 0. The molecule has 0 aliphatic rings. The molecule has 1 unspecified atom stereocenters. The molecule has 1 N–H and O–H groups in total. The second kappa shape index (κ2) is 14.1. The summed E-state index contributed by atoms with van der Waals surface area (Å²) in [5, 5.41) is 11.0. The molecule has 0 bridgehead atoms. The van der Waals surface area contributed by atoms with E-state index in [9.17, 15) is 9.90 Å². The molecule has 3 aromatic carbocycles. The lowest BCUT2D eigenvalue weighted by molar-refractivity contribution is -0.149. The van der Waals surface area contributed by atoms with Crippen LogP contribution in [0.2, 0.25) is 0 Å². The van der Waals surface area contributed by atoms with Crippen LogP contribution in [0.5, 0.6) is 11.5 Å². The summed E-state index contributed by atoms with van der Waals surface area (Å²) in [6, 6.07) is 17.3. The van der Waals surface area contributed by atoms with E-state index >= 15 is 0 Å². The number of carbonyl (C=O) groups excluding carboxylic acids is 1. The van der Waals surface area contributed by atoms with Crippen molar-refractivity contribution in [3.8, 4) is 45.7 Å². The maximum Gasteiger partial charge on any atom is 0.309 e. The Morgan fingerprint density at radius 2 is 1.31 bits per heavy atom. The molecule has 1 aromatic heterocycles. The summed E-state index contributed by atoms with van der Waals surface area (Å²) in [5.74, 6) is 1.64. The van der Waals surface area contributed by atoms with Crippen LogP contribution in [0.4, 0.5) is 0 Å². The van der Waals surface area contributed by atoms with Crippen molar-refractivity contribution in [2.45, 2.75) is 67.2 Å². The molecule has 7 heteroatoms. The van der Waals surface area contributed by atoms with Gasteiger partial charge in [-0.25, -0.2) is 15.0 Å². The van der Waals surface area contributed by atoms with Crippen LogP contribution in [0, 0.1) is 33.6 Å². The van der Waals surface area contributed by atoms with Gasteiger partial charge in [-0.15, -0.1) is 0 Å². The summed E-state index contributed by atoms with van der Waals surface area (Å²) >= 11 is 0. The number of ether oxygens (including phenoxy) is 2. The first-order valence-corrected chi connectivity index (χ1v) is 14.7. The van der Waals surface area contributed by atoms with E-state index in [1.807, 2.05) is 45.0 Å². The molecule has 4 rings (SSSR count). The van der Waals surface area contributed by atoms with E-state index in [4.69, 9.17) is 24.4 Å². The first kappa shape index (κ1) is 30.7. The molecule has 0 aliphatic carbocycles. The minimum atomic E-state index is -0.179. The van der Waals surface area contributed by atoms with Crippen LogP contribution in [0.1, 0.15) is 61.8 Å². The smallest absolute Gasteiger partial charge is 0.309 e. The fraction of sp³-hybridized carbons (Fsp3) is 0.371. The number of aryl methyl sites for hydroxylation is 4. The maximum atomic E-state index is 12.3. The van der Waals surface area contributed by atoms with Gasteiger partial charge in [-0.1, -0.05) is 74.2 Å². The number of rotatable bonds is 12. The van der Waals surface area contributed by atoms with Gasteiger partial charge in [0.2, 0.25) is 0 Å². The van der Waals surface area contributed by atoms with Gasteiger partial charge in [0.25, 0.3) is 0 Å². The van der Waals surface area contributed by atoms with Crippen molar-refractivity contribution in [2.75, 3.05) is 13.2 Å². The van der Waals surface area contributed by atoms with E-state index in [-0.39, 0.29) is 30.9 Å². The summed E-state index contributed by atoms with van der Waals surface area (Å²) in [4.78, 5) is 26.8. The Morgan fingerprint density at radius 1 is 0.762 bits per heavy atom. The highest BCUT2D eigenvalue weighted by molar-refractivity contribution is 5.73. The van der Waals surface area contributed by atoms with Crippen LogP contribution in [0.25, 0.3) is 34.2 Å². The van der Waals surface area contributed by atoms with Crippen molar-refractivity contribution in [3.63, 3.8) is 0 Å². The van der Waals surface area contributed by atoms with Crippen molar-refractivity contribution < 1.29 is 19.4 Å². The molecule has 220 valence electrons. The summed E-state index contributed by atoms with van der Waals surface area (Å²) in [5.41, 5.74) is 6.71. The molecule has 0 saturated carbocycles. The quantitative estimate of drug-likeness (QED) is 0.137. The second-order valence-corrected chi connectivity index (χ2v) is 10.9. The van der Waals surface area contributed by atoms with Crippen LogP contribution in [-0.2, 0) is 9.53 Å². The van der Waals surface area contributed by atoms with Gasteiger partial charge < -0.3 is 14.6 Å². The van der Waals surface area contributed by atoms with Gasteiger partial charge in [-0.3, -0.25) is 4.79 Å². The zero-order valence-corrected chi connectivity index (χ0v) is 25.5. The largest absolute Gasteiger partial charge is 0.507 e. The zero-order valence-electron chi connectivity index (χ0n) is 25.5. The van der Waals surface area contributed by atoms with E-state index in [1.165, 1.54) is 6.07 Å². The number of hydrogen-bond acceptors (Lipinski definition) is 7. The number of nitrogens with zero attached hydrogens (tertiary/aromatic N) is 3. The van der Waals surface area contributed by atoms with Crippen LogP contribution in [0.15, 0.2) is 54.6 Å². The Morgan fingerprint density at radius 3 is 1.81 bits per heavy atom. The lowest BCUT2D eigenvalue weighted by Gasteiger charge is -2.14. The fourth-order valence-corrected chi connectivity index (χ4v) is 5.02. The van der Waals surface area contributed by atoms with E-state index in [2.05, 4.69) is 32.9 Å². The van der Waals surface area contributed by atoms with Gasteiger partial charge in [-0.05, 0) is 63.8 Å². The van der Waals surface area contributed by atoms with Crippen LogP contribution in [-0.4, -0.2) is 39.2 Å². The van der Waals surface area contributed by atoms with Crippen molar-refractivity contribution in [1.29, 1.82) is 0 Å². The first-order chi connectivity index (χ1) is 20.2. The highest BCUT2D eigenvalue weighted by Gasteiger charge is 2.19. The van der Waals surface area contributed by atoms with Crippen LogP contribution in [0.3, 0.4) is 0 Å². The Labute approximate surface area is 249 Å². The zero-order chi connectivity index (χ0) is 30.2. The Bertz CT molecular complexity index is 1480. The number of aromatic nitrogens is 3. The fourth-order valence-electron chi connectivity index (χ4n) is 5.02. The average molecular weight is 568 g/mol. The predicted molar refractivity (Wildman–Crippen MR) is 167 cm³/mol. The third kappa shape index (κ3) is 7.52. The third-order valence-electron chi connectivity index (χ3n) is 7.42. The molecular weight excluding hydrogens is 526 g/mol. The molecule has 4 aromatic rings. The molecule has 0 saturated heterocycles. The Balaban J connectivity index is 1.58. The monoisotopic (exact) mass is 567 g/mol. The third-order valence-corrected chi connectivity index (χ3v) is 7.42. The molecule has 0 aliphatic heterocycles. The molecular formula is C35H41N3O4. The minimum absolute atomic E-state index is 0.0144. The molecule has 1 heterocycles. The van der Waals surface area contributed by atoms with Crippen molar-refractivity contribution >= 4 is 5.97 Å². The molecule has 42 heavy (non-hydrogen) atoms. The number of phenolic OH excluding ortho intramolecular Hbond substituents is 1. The molecule has 0 fully saturated rings. The van der Waals surface area contributed by atoms with Gasteiger partial charge >= 0.3 is 5.97 Å². The average Bonchev–Trinajstić information content (AvgIpc) is 2.95. The topological polar surface area (TPSA) is 94.4 Å².